The highest BCUT2D eigenvalue weighted by atomic mass is 16.5. The van der Waals surface area contributed by atoms with Gasteiger partial charge in [-0.15, -0.1) is 0 Å². The summed E-state index contributed by atoms with van der Waals surface area (Å²) in [6.45, 7) is 6.36. The number of hydrogen-bond donors (Lipinski definition) is 1. The van der Waals surface area contributed by atoms with Crippen molar-refractivity contribution >= 4 is 5.69 Å². The van der Waals surface area contributed by atoms with Crippen LogP contribution in [0.15, 0.2) is 48.5 Å². The summed E-state index contributed by atoms with van der Waals surface area (Å²) >= 11 is 0. The van der Waals surface area contributed by atoms with Crippen LogP contribution in [0.25, 0.3) is 11.4 Å². The molecule has 1 N–H and O–H groups in total. The first-order chi connectivity index (χ1) is 14.7. The standard InChI is InChI=1S/C24H28N4O2/c1-26-23-17-27(11-10-21(23)25-24(26)18-6-8-20(29)9-7-18)16-19-4-2-3-5-22(19)28-12-14-30-15-13-28/h2-9,29H,10-17H2,1H3. The summed E-state index contributed by atoms with van der Waals surface area (Å²) < 4.78 is 7.74. The zero-order chi connectivity index (χ0) is 20.5. The van der Waals surface area contributed by atoms with E-state index in [-0.39, 0.29) is 5.75 Å². The lowest BCUT2D eigenvalue weighted by atomic mass is 10.1. The van der Waals surface area contributed by atoms with Gasteiger partial charge >= 0.3 is 0 Å². The van der Waals surface area contributed by atoms with Crippen LogP contribution in [0.2, 0.25) is 0 Å². The topological polar surface area (TPSA) is 53.8 Å². The fourth-order valence-corrected chi connectivity index (χ4v) is 4.54. The van der Waals surface area contributed by atoms with Crippen molar-refractivity contribution in [2.75, 3.05) is 37.7 Å². The Hall–Kier alpha value is -2.83. The fourth-order valence-electron chi connectivity index (χ4n) is 4.54. The molecule has 2 aliphatic rings. The molecule has 0 aliphatic carbocycles. The summed E-state index contributed by atoms with van der Waals surface area (Å²) in [6, 6.07) is 16.1. The average molecular weight is 405 g/mol. The monoisotopic (exact) mass is 404 g/mol. The van der Waals surface area contributed by atoms with Gasteiger partial charge in [0, 0.05) is 57.4 Å². The highest BCUT2D eigenvalue weighted by molar-refractivity contribution is 5.58. The number of anilines is 1. The molecule has 2 aromatic carbocycles. The van der Waals surface area contributed by atoms with Crippen LogP contribution in [-0.4, -0.2) is 52.4 Å². The van der Waals surface area contributed by atoms with Crippen LogP contribution in [-0.2, 0) is 31.3 Å². The largest absolute Gasteiger partial charge is 0.508 e. The molecule has 0 amide bonds. The molecule has 1 saturated heterocycles. The Morgan fingerprint density at radius 1 is 1.00 bits per heavy atom. The summed E-state index contributed by atoms with van der Waals surface area (Å²) in [5, 5.41) is 9.58. The number of fused-ring (bicyclic) bond motifs is 1. The Morgan fingerprint density at radius 3 is 2.57 bits per heavy atom. The molecule has 6 heteroatoms. The molecule has 1 fully saturated rings. The number of morpholine rings is 1. The Balaban J connectivity index is 1.36. The lowest BCUT2D eigenvalue weighted by Gasteiger charge is -2.33. The first-order valence-electron chi connectivity index (χ1n) is 10.7. The minimum absolute atomic E-state index is 0.280. The molecule has 0 bridgehead atoms. The molecule has 0 spiro atoms. The van der Waals surface area contributed by atoms with Crippen LogP contribution in [0.4, 0.5) is 5.69 Å². The lowest BCUT2D eigenvalue weighted by molar-refractivity contribution is 0.122. The number of phenols is 1. The van der Waals surface area contributed by atoms with Crippen molar-refractivity contribution < 1.29 is 9.84 Å². The SMILES string of the molecule is Cn1c(-c2ccc(O)cc2)nc2c1CN(Cc1ccccc1N1CCOCC1)CC2. The van der Waals surface area contributed by atoms with E-state index in [0.717, 1.165) is 63.7 Å². The van der Waals surface area contributed by atoms with Crippen molar-refractivity contribution in [2.24, 2.45) is 7.05 Å². The molecule has 6 nitrogen and oxygen atoms in total. The third-order valence-electron chi connectivity index (χ3n) is 6.20. The number of rotatable bonds is 4. The smallest absolute Gasteiger partial charge is 0.140 e. The van der Waals surface area contributed by atoms with Gasteiger partial charge in [0.2, 0.25) is 0 Å². The van der Waals surface area contributed by atoms with Gasteiger partial charge in [0.15, 0.2) is 0 Å². The lowest BCUT2D eigenvalue weighted by Crippen LogP contribution is -2.37. The summed E-state index contributed by atoms with van der Waals surface area (Å²) in [6.07, 6.45) is 0.959. The number of imidazole rings is 1. The third-order valence-corrected chi connectivity index (χ3v) is 6.20. The van der Waals surface area contributed by atoms with Gasteiger partial charge in [-0.2, -0.15) is 0 Å². The zero-order valence-electron chi connectivity index (χ0n) is 17.4. The van der Waals surface area contributed by atoms with E-state index < -0.39 is 0 Å². The highest BCUT2D eigenvalue weighted by Gasteiger charge is 2.24. The second-order valence-corrected chi connectivity index (χ2v) is 8.12. The van der Waals surface area contributed by atoms with Crippen LogP contribution in [0.3, 0.4) is 0 Å². The molecule has 0 atom stereocenters. The van der Waals surface area contributed by atoms with Crippen molar-refractivity contribution in [3.63, 3.8) is 0 Å². The molecule has 30 heavy (non-hydrogen) atoms. The first kappa shape index (κ1) is 19.2. The zero-order valence-corrected chi connectivity index (χ0v) is 17.4. The number of ether oxygens (including phenoxy) is 1. The maximum Gasteiger partial charge on any atom is 0.140 e. The maximum atomic E-state index is 9.58. The predicted molar refractivity (Wildman–Crippen MR) is 118 cm³/mol. The van der Waals surface area contributed by atoms with Crippen LogP contribution in [0.1, 0.15) is 17.0 Å². The molecule has 0 radical (unpaired) electrons. The van der Waals surface area contributed by atoms with Crippen LogP contribution < -0.4 is 4.90 Å². The molecule has 2 aliphatic heterocycles. The summed E-state index contributed by atoms with van der Waals surface area (Å²) in [5.74, 6) is 1.25. The number of para-hydroxylation sites is 1. The molecule has 0 saturated carbocycles. The van der Waals surface area contributed by atoms with E-state index in [1.54, 1.807) is 12.1 Å². The van der Waals surface area contributed by atoms with Gasteiger partial charge in [-0.1, -0.05) is 18.2 Å². The van der Waals surface area contributed by atoms with Crippen molar-refractivity contribution in [3.05, 3.63) is 65.5 Å². The fraction of sp³-hybridized carbons (Fsp3) is 0.375. The number of nitrogens with zero attached hydrogens (tertiary/aromatic N) is 4. The van der Waals surface area contributed by atoms with Crippen LogP contribution in [0.5, 0.6) is 5.75 Å². The summed E-state index contributed by atoms with van der Waals surface area (Å²) in [7, 11) is 2.10. The number of aromatic hydroxyl groups is 1. The van der Waals surface area contributed by atoms with Gasteiger partial charge in [-0.3, -0.25) is 4.90 Å². The average Bonchev–Trinajstić information content (AvgIpc) is 3.11. The van der Waals surface area contributed by atoms with E-state index in [1.807, 2.05) is 12.1 Å². The molecule has 156 valence electrons. The van der Waals surface area contributed by atoms with Gasteiger partial charge in [0.1, 0.15) is 11.6 Å². The van der Waals surface area contributed by atoms with E-state index in [4.69, 9.17) is 9.72 Å². The van der Waals surface area contributed by atoms with Gasteiger partial charge < -0.3 is 19.3 Å². The minimum atomic E-state index is 0.280. The normalized spacial score (nSPS) is 17.2. The Bertz CT molecular complexity index is 1020. The van der Waals surface area contributed by atoms with Crippen molar-refractivity contribution in [1.29, 1.82) is 0 Å². The third kappa shape index (κ3) is 3.68. The molecular formula is C24H28N4O2. The second kappa shape index (κ2) is 8.13. The highest BCUT2D eigenvalue weighted by Crippen LogP contribution is 2.29. The predicted octanol–water partition coefficient (Wildman–Crippen LogP) is 3.19. The molecule has 1 aromatic heterocycles. The van der Waals surface area contributed by atoms with Gasteiger partial charge in [-0.05, 0) is 35.9 Å². The number of phenolic OH excluding ortho intramolecular Hbond substituents is 1. The Labute approximate surface area is 177 Å². The second-order valence-electron chi connectivity index (χ2n) is 8.12. The van der Waals surface area contributed by atoms with Crippen molar-refractivity contribution in [2.45, 2.75) is 19.5 Å². The van der Waals surface area contributed by atoms with E-state index in [2.05, 4.69) is 45.7 Å². The Kier molecular flexibility index (Phi) is 5.19. The molecule has 3 heterocycles. The van der Waals surface area contributed by atoms with Gasteiger partial charge in [-0.25, -0.2) is 4.98 Å². The number of benzene rings is 2. The van der Waals surface area contributed by atoms with Crippen LogP contribution >= 0.6 is 0 Å². The maximum absolute atomic E-state index is 9.58. The molecule has 3 aromatic rings. The first-order valence-corrected chi connectivity index (χ1v) is 10.7. The molecule has 5 rings (SSSR count). The number of hydrogen-bond acceptors (Lipinski definition) is 5. The van der Waals surface area contributed by atoms with Crippen molar-refractivity contribution in [3.8, 4) is 17.1 Å². The van der Waals surface area contributed by atoms with E-state index in [1.165, 1.54) is 22.6 Å². The van der Waals surface area contributed by atoms with E-state index >= 15 is 0 Å². The molecular weight excluding hydrogens is 376 g/mol. The Morgan fingerprint density at radius 2 is 1.77 bits per heavy atom. The summed E-state index contributed by atoms with van der Waals surface area (Å²) in [4.78, 5) is 9.88. The van der Waals surface area contributed by atoms with Crippen LogP contribution in [0, 0.1) is 0 Å². The number of aromatic nitrogens is 2. The minimum Gasteiger partial charge on any atom is -0.508 e. The van der Waals surface area contributed by atoms with E-state index in [0.29, 0.717) is 0 Å². The van der Waals surface area contributed by atoms with Crippen molar-refractivity contribution in [1.82, 2.24) is 14.5 Å². The van der Waals surface area contributed by atoms with Gasteiger partial charge in [0.25, 0.3) is 0 Å². The van der Waals surface area contributed by atoms with E-state index in [9.17, 15) is 5.11 Å². The molecule has 0 unspecified atom stereocenters. The van der Waals surface area contributed by atoms with Gasteiger partial charge in [0.05, 0.1) is 24.6 Å². The summed E-state index contributed by atoms with van der Waals surface area (Å²) in [5.41, 5.74) is 6.23. The quantitative estimate of drug-likeness (QED) is 0.724.